The van der Waals surface area contributed by atoms with Crippen molar-refractivity contribution >= 4 is 22.8 Å². The summed E-state index contributed by atoms with van der Waals surface area (Å²) in [5, 5.41) is 9.80. The highest BCUT2D eigenvalue weighted by atomic mass is 16.5. The Bertz CT molecular complexity index is 1410. The number of likely N-dealkylation sites (tertiary alicyclic amines) is 1. The van der Waals surface area contributed by atoms with Crippen molar-refractivity contribution in [2.45, 2.75) is 38.5 Å². The molecule has 4 aromatic rings. The van der Waals surface area contributed by atoms with Crippen molar-refractivity contribution in [2.24, 2.45) is 0 Å². The van der Waals surface area contributed by atoms with E-state index in [0.717, 1.165) is 18.6 Å². The van der Waals surface area contributed by atoms with Gasteiger partial charge in [0.15, 0.2) is 0 Å². The minimum atomic E-state index is -1.08. The van der Waals surface area contributed by atoms with Crippen molar-refractivity contribution in [1.29, 1.82) is 0 Å². The van der Waals surface area contributed by atoms with Gasteiger partial charge in [-0.3, -0.25) is 13.9 Å². The van der Waals surface area contributed by atoms with Gasteiger partial charge in [0.2, 0.25) is 0 Å². The molecule has 1 saturated heterocycles. The van der Waals surface area contributed by atoms with E-state index in [4.69, 9.17) is 10.5 Å². The van der Waals surface area contributed by atoms with Crippen LogP contribution < -0.4 is 16.2 Å². The van der Waals surface area contributed by atoms with Gasteiger partial charge in [-0.15, -0.1) is 0 Å². The molecule has 2 atom stereocenters. The van der Waals surface area contributed by atoms with Crippen molar-refractivity contribution in [3.05, 3.63) is 77.3 Å². The molecule has 2 aromatic carbocycles. The van der Waals surface area contributed by atoms with E-state index in [1.807, 2.05) is 30.3 Å². The number of anilines is 1. The number of para-hydroxylation sites is 1. The molecule has 9 nitrogen and oxygen atoms in total. The van der Waals surface area contributed by atoms with Crippen LogP contribution in [0.3, 0.4) is 0 Å². The molecule has 35 heavy (non-hydrogen) atoms. The Balaban J connectivity index is 1.52. The summed E-state index contributed by atoms with van der Waals surface area (Å²) in [5.74, 6) is 1.28. The van der Waals surface area contributed by atoms with Gasteiger partial charge in [-0.05, 0) is 62.2 Å². The standard InChI is InChI=1S/C26H27N5O4/c1-17(32)25(33)29-15-5-6-19(29)16-30-22-13-14-28-24(27)23(22)31(26(30)34)18-9-11-21(12-10-18)35-20-7-3-2-4-8-20/h2-4,7-14,17,19,32H,5-6,15-16H2,1H3,(H2,27,28)/t17?,19-/m1/s1. The molecule has 0 radical (unpaired) electrons. The molecule has 1 amide bonds. The molecule has 0 aliphatic carbocycles. The summed E-state index contributed by atoms with van der Waals surface area (Å²) in [6.07, 6.45) is 2.07. The molecule has 1 unspecified atom stereocenters. The summed E-state index contributed by atoms with van der Waals surface area (Å²) < 4.78 is 9.05. The number of carbonyl (C=O) groups is 1. The first-order valence-electron chi connectivity index (χ1n) is 11.6. The fourth-order valence-corrected chi connectivity index (χ4v) is 4.70. The number of amides is 1. The number of aliphatic hydroxyl groups excluding tert-OH is 1. The van der Waals surface area contributed by atoms with E-state index in [0.29, 0.717) is 35.6 Å². The third-order valence-corrected chi connectivity index (χ3v) is 6.35. The Labute approximate surface area is 202 Å². The minimum absolute atomic E-state index is 0.190. The number of imidazole rings is 1. The van der Waals surface area contributed by atoms with Gasteiger partial charge in [-0.2, -0.15) is 0 Å². The Morgan fingerprint density at radius 3 is 2.57 bits per heavy atom. The molecule has 180 valence electrons. The van der Waals surface area contributed by atoms with Gasteiger partial charge in [0.25, 0.3) is 5.91 Å². The monoisotopic (exact) mass is 473 g/mol. The number of aromatic nitrogens is 3. The molecule has 1 fully saturated rings. The highest BCUT2D eigenvalue weighted by molar-refractivity contribution is 5.87. The number of pyridine rings is 1. The van der Waals surface area contributed by atoms with Crippen LogP contribution in [0.25, 0.3) is 16.7 Å². The van der Waals surface area contributed by atoms with Crippen LogP contribution in [-0.2, 0) is 11.3 Å². The molecule has 1 aliphatic rings. The maximum absolute atomic E-state index is 13.7. The molecule has 0 bridgehead atoms. The fourth-order valence-electron chi connectivity index (χ4n) is 4.70. The summed E-state index contributed by atoms with van der Waals surface area (Å²) in [6, 6.07) is 18.2. The first kappa shape index (κ1) is 22.7. The van der Waals surface area contributed by atoms with Crippen LogP contribution in [0.15, 0.2) is 71.7 Å². The van der Waals surface area contributed by atoms with Crippen LogP contribution in [0, 0.1) is 0 Å². The maximum Gasteiger partial charge on any atom is 0.333 e. The second-order valence-corrected chi connectivity index (χ2v) is 8.71. The number of nitrogens with zero attached hydrogens (tertiary/aromatic N) is 4. The van der Waals surface area contributed by atoms with E-state index in [1.165, 1.54) is 6.92 Å². The lowest BCUT2D eigenvalue weighted by Gasteiger charge is -2.26. The molecule has 1 aliphatic heterocycles. The molecule has 3 N–H and O–H groups in total. The second kappa shape index (κ2) is 9.27. The molecule has 0 spiro atoms. The molecule has 9 heteroatoms. The fraction of sp³-hybridized carbons (Fsp3) is 0.269. The average Bonchev–Trinajstić information content (AvgIpc) is 3.43. The Hall–Kier alpha value is -4.11. The van der Waals surface area contributed by atoms with Crippen molar-refractivity contribution in [1.82, 2.24) is 19.0 Å². The van der Waals surface area contributed by atoms with Gasteiger partial charge in [-0.1, -0.05) is 18.2 Å². The number of ether oxygens (including phenoxy) is 1. The SMILES string of the molecule is CC(O)C(=O)N1CCC[C@@H]1Cn1c(=O)n(-c2ccc(Oc3ccccc3)cc2)c2c(N)nccc21. The number of hydrogen-bond donors (Lipinski definition) is 2. The Kier molecular flexibility index (Phi) is 6.00. The number of benzene rings is 2. The van der Waals surface area contributed by atoms with Gasteiger partial charge >= 0.3 is 5.69 Å². The lowest BCUT2D eigenvalue weighted by atomic mass is 10.2. The Morgan fingerprint density at radius 2 is 1.86 bits per heavy atom. The summed E-state index contributed by atoms with van der Waals surface area (Å²) in [7, 11) is 0. The molecule has 2 aromatic heterocycles. The smallest absolute Gasteiger partial charge is 0.333 e. The largest absolute Gasteiger partial charge is 0.457 e. The van der Waals surface area contributed by atoms with Crippen LogP contribution in [0.1, 0.15) is 19.8 Å². The number of rotatable bonds is 6. The molecule has 3 heterocycles. The lowest BCUT2D eigenvalue weighted by molar-refractivity contribution is -0.140. The number of nitrogens with two attached hydrogens (primary N) is 1. The normalized spacial score (nSPS) is 16.5. The summed E-state index contributed by atoms with van der Waals surface area (Å²) in [6.45, 7) is 2.33. The third-order valence-electron chi connectivity index (χ3n) is 6.35. The first-order chi connectivity index (χ1) is 16.9. The third kappa shape index (κ3) is 4.26. The summed E-state index contributed by atoms with van der Waals surface area (Å²) in [5.41, 5.74) is 7.74. The van der Waals surface area contributed by atoms with Crippen molar-refractivity contribution in [3.63, 3.8) is 0 Å². The van der Waals surface area contributed by atoms with Crippen molar-refractivity contribution < 1.29 is 14.6 Å². The topological polar surface area (TPSA) is 116 Å². The quantitative estimate of drug-likeness (QED) is 0.445. The lowest BCUT2D eigenvalue weighted by Crippen LogP contribution is -2.44. The van der Waals surface area contributed by atoms with E-state index in [9.17, 15) is 14.7 Å². The van der Waals surface area contributed by atoms with Gasteiger partial charge < -0.3 is 20.5 Å². The van der Waals surface area contributed by atoms with Crippen LogP contribution in [-0.4, -0.2) is 48.7 Å². The van der Waals surface area contributed by atoms with Gasteiger partial charge in [-0.25, -0.2) is 9.78 Å². The predicted octanol–water partition coefficient (Wildman–Crippen LogP) is 2.93. The van der Waals surface area contributed by atoms with E-state index in [-0.39, 0.29) is 23.5 Å². The molecular weight excluding hydrogens is 446 g/mol. The van der Waals surface area contributed by atoms with E-state index >= 15 is 0 Å². The summed E-state index contributed by atoms with van der Waals surface area (Å²) in [4.78, 5) is 32.0. The average molecular weight is 474 g/mol. The second-order valence-electron chi connectivity index (χ2n) is 8.71. The van der Waals surface area contributed by atoms with Gasteiger partial charge in [0.1, 0.15) is 28.9 Å². The summed E-state index contributed by atoms with van der Waals surface area (Å²) >= 11 is 0. The van der Waals surface area contributed by atoms with Crippen LogP contribution >= 0.6 is 0 Å². The molecular formula is C26H27N5O4. The highest BCUT2D eigenvalue weighted by Gasteiger charge is 2.32. The van der Waals surface area contributed by atoms with Gasteiger partial charge in [0, 0.05) is 25.3 Å². The van der Waals surface area contributed by atoms with E-state index in [2.05, 4.69) is 4.98 Å². The number of aliphatic hydroxyl groups is 1. The number of carbonyl (C=O) groups excluding carboxylic acids is 1. The van der Waals surface area contributed by atoms with Crippen molar-refractivity contribution in [2.75, 3.05) is 12.3 Å². The highest BCUT2D eigenvalue weighted by Crippen LogP contribution is 2.27. The zero-order valence-electron chi connectivity index (χ0n) is 19.4. The molecule has 0 saturated carbocycles. The van der Waals surface area contributed by atoms with E-state index < -0.39 is 6.10 Å². The maximum atomic E-state index is 13.7. The number of nitrogen functional groups attached to an aromatic ring is 1. The van der Waals surface area contributed by atoms with E-state index in [1.54, 1.807) is 50.6 Å². The number of hydrogen-bond acceptors (Lipinski definition) is 6. The van der Waals surface area contributed by atoms with Gasteiger partial charge in [0.05, 0.1) is 11.2 Å². The Morgan fingerprint density at radius 1 is 1.14 bits per heavy atom. The van der Waals surface area contributed by atoms with Crippen LogP contribution in [0.4, 0.5) is 5.82 Å². The molecule has 5 rings (SSSR count). The minimum Gasteiger partial charge on any atom is -0.457 e. The van der Waals surface area contributed by atoms with Crippen LogP contribution in [0.2, 0.25) is 0 Å². The first-order valence-corrected chi connectivity index (χ1v) is 11.6. The zero-order chi connectivity index (χ0) is 24.5. The van der Waals surface area contributed by atoms with Crippen molar-refractivity contribution in [3.8, 4) is 17.2 Å². The predicted molar refractivity (Wildman–Crippen MR) is 133 cm³/mol. The number of fused-ring (bicyclic) bond motifs is 1. The zero-order valence-corrected chi connectivity index (χ0v) is 19.4. The van der Waals surface area contributed by atoms with Crippen LogP contribution in [0.5, 0.6) is 11.5 Å².